The summed E-state index contributed by atoms with van der Waals surface area (Å²) in [6.45, 7) is 0. The Kier molecular flexibility index (Phi) is 7.73. The molecule has 54 heavy (non-hydrogen) atoms. The van der Waals surface area contributed by atoms with E-state index in [1.54, 1.807) is 0 Å². The zero-order chi connectivity index (χ0) is 35.8. The van der Waals surface area contributed by atoms with Gasteiger partial charge in [0.2, 0.25) is 0 Å². The molecule has 0 bridgehead atoms. The molecule has 10 aromatic rings. The van der Waals surface area contributed by atoms with Crippen molar-refractivity contribution in [2.75, 3.05) is 4.90 Å². The largest absolute Gasteiger partial charge is 0.456 e. The summed E-state index contributed by atoms with van der Waals surface area (Å²) >= 11 is 0. The Balaban J connectivity index is 1.04. The first kappa shape index (κ1) is 31.4. The van der Waals surface area contributed by atoms with Gasteiger partial charge in [-0.25, -0.2) is 15.0 Å². The lowest BCUT2D eigenvalue weighted by atomic mass is 10.0. The molecule has 0 aliphatic rings. The topological polar surface area (TPSA) is 55.1 Å². The Morgan fingerprint density at radius 1 is 0.352 bits per heavy atom. The van der Waals surface area contributed by atoms with Gasteiger partial charge in [0.15, 0.2) is 17.5 Å². The molecule has 0 fully saturated rings. The van der Waals surface area contributed by atoms with Gasteiger partial charge in [0, 0.05) is 44.5 Å². The summed E-state index contributed by atoms with van der Waals surface area (Å²) in [5, 5.41) is 4.42. The third-order valence-electron chi connectivity index (χ3n) is 9.90. The number of hydrogen-bond acceptors (Lipinski definition) is 5. The minimum atomic E-state index is 0.602. The maximum atomic E-state index is 6.54. The van der Waals surface area contributed by atoms with Crippen LogP contribution < -0.4 is 4.90 Å². The molecule has 2 aromatic heterocycles. The summed E-state index contributed by atoms with van der Waals surface area (Å²) in [6, 6.07) is 67.0. The van der Waals surface area contributed by atoms with Crippen LogP contribution in [0, 0.1) is 0 Å². The van der Waals surface area contributed by atoms with Gasteiger partial charge in [-0.3, -0.25) is 0 Å². The maximum absolute atomic E-state index is 6.54. The zero-order valence-corrected chi connectivity index (χ0v) is 29.2. The van der Waals surface area contributed by atoms with Crippen molar-refractivity contribution < 1.29 is 4.42 Å². The lowest BCUT2D eigenvalue weighted by Gasteiger charge is -2.26. The highest BCUT2D eigenvalue weighted by atomic mass is 16.3. The fraction of sp³-hybridized carbons (Fsp3) is 0. The summed E-state index contributed by atoms with van der Waals surface area (Å²) in [5.74, 6) is 1.85. The van der Waals surface area contributed by atoms with Crippen LogP contribution in [0.15, 0.2) is 199 Å². The Morgan fingerprint density at radius 3 is 1.63 bits per heavy atom. The van der Waals surface area contributed by atoms with Crippen molar-refractivity contribution in [3.05, 3.63) is 194 Å². The summed E-state index contributed by atoms with van der Waals surface area (Å²) in [7, 11) is 0. The molecule has 10 rings (SSSR count). The molecule has 8 aromatic carbocycles. The van der Waals surface area contributed by atoms with E-state index in [1.807, 2.05) is 72.8 Å². The molecule has 0 amide bonds. The molecule has 254 valence electrons. The van der Waals surface area contributed by atoms with Gasteiger partial charge in [0.05, 0.1) is 0 Å². The first-order chi connectivity index (χ1) is 26.7. The van der Waals surface area contributed by atoms with Gasteiger partial charge in [0.25, 0.3) is 0 Å². The smallest absolute Gasteiger partial charge is 0.164 e. The summed E-state index contributed by atoms with van der Waals surface area (Å²) in [5.41, 5.74) is 9.82. The lowest BCUT2D eigenvalue weighted by molar-refractivity contribution is 0.669. The fourth-order valence-corrected chi connectivity index (χ4v) is 7.26. The lowest BCUT2D eigenvalue weighted by Crippen LogP contribution is -2.09. The highest BCUT2D eigenvalue weighted by Crippen LogP contribution is 2.40. The fourth-order valence-electron chi connectivity index (χ4n) is 7.26. The van der Waals surface area contributed by atoms with Crippen molar-refractivity contribution in [1.82, 2.24) is 15.0 Å². The molecule has 0 aliphatic heterocycles. The Morgan fingerprint density at radius 2 is 0.926 bits per heavy atom. The minimum Gasteiger partial charge on any atom is -0.456 e. The normalized spacial score (nSPS) is 11.3. The number of benzene rings is 8. The van der Waals surface area contributed by atoms with Crippen LogP contribution in [0.2, 0.25) is 0 Å². The van der Waals surface area contributed by atoms with E-state index in [9.17, 15) is 0 Å². The molecule has 5 heteroatoms. The third kappa shape index (κ3) is 5.74. The van der Waals surface area contributed by atoms with E-state index in [1.165, 1.54) is 10.8 Å². The summed E-state index contributed by atoms with van der Waals surface area (Å²) < 4.78 is 6.54. The minimum absolute atomic E-state index is 0.602. The first-order valence-corrected chi connectivity index (χ1v) is 18.0. The summed E-state index contributed by atoms with van der Waals surface area (Å²) in [6.07, 6.45) is 0. The van der Waals surface area contributed by atoms with Crippen LogP contribution in [0.3, 0.4) is 0 Å². The van der Waals surface area contributed by atoms with Crippen LogP contribution >= 0.6 is 0 Å². The predicted octanol–water partition coefficient (Wildman–Crippen LogP) is 13.1. The van der Waals surface area contributed by atoms with Crippen LogP contribution in [-0.4, -0.2) is 15.0 Å². The predicted molar refractivity (Wildman–Crippen MR) is 221 cm³/mol. The van der Waals surface area contributed by atoms with Gasteiger partial charge in [-0.1, -0.05) is 140 Å². The number of furan rings is 1. The van der Waals surface area contributed by atoms with E-state index in [-0.39, 0.29) is 0 Å². The Labute approximate surface area is 312 Å². The van der Waals surface area contributed by atoms with E-state index in [4.69, 9.17) is 19.4 Å². The van der Waals surface area contributed by atoms with Crippen molar-refractivity contribution in [3.8, 4) is 45.3 Å². The molecule has 0 atom stereocenters. The van der Waals surface area contributed by atoms with Crippen molar-refractivity contribution >= 4 is 49.8 Å². The van der Waals surface area contributed by atoms with Crippen molar-refractivity contribution in [2.45, 2.75) is 0 Å². The van der Waals surface area contributed by atoms with Crippen molar-refractivity contribution in [2.24, 2.45) is 0 Å². The number of aromatic nitrogens is 3. The quantitative estimate of drug-likeness (QED) is 0.166. The average molecular weight is 693 g/mol. The molecule has 5 nitrogen and oxygen atoms in total. The van der Waals surface area contributed by atoms with Crippen LogP contribution in [0.25, 0.3) is 78.0 Å². The molecule has 0 saturated heterocycles. The SMILES string of the molecule is c1ccc(-c2nc(-c3ccccc3)nc(-c3cccc4oc5cc(-c6ccc(N(c7ccccc7)c7ccc8ccccc8c7)cc6)ccc5c34)n2)cc1. The number of hydrogen-bond donors (Lipinski definition) is 0. The van der Waals surface area contributed by atoms with Crippen molar-refractivity contribution in [1.29, 1.82) is 0 Å². The molecule has 0 unspecified atom stereocenters. The standard InChI is InChI=1S/C49H32N4O/c1-4-14-35(15-5-1)47-50-48(36-16-6-2-7-17-36)52-49(51-47)43-21-12-22-44-46(43)42-30-26-38(32-45(42)54-44)34-23-27-40(28-24-34)53(39-19-8-3-9-20-39)41-29-25-33-13-10-11-18-37(33)31-41/h1-32H. The molecular weight excluding hydrogens is 661 g/mol. The zero-order valence-electron chi connectivity index (χ0n) is 29.2. The second kappa shape index (κ2) is 13.3. The van der Waals surface area contributed by atoms with E-state index in [0.717, 1.165) is 66.8 Å². The maximum Gasteiger partial charge on any atom is 0.164 e. The van der Waals surface area contributed by atoms with E-state index in [0.29, 0.717) is 17.5 Å². The highest BCUT2D eigenvalue weighted by Gasteiger charge is 2.19. The Bertz CT molecular complexity index is 2870. The number of nitrogens with zero attached hydrogens (tertiary/aromatic N) is 4. The van der Waals surface area contributed by atoms with Crippen LogP contribution in [-0.2, 0) is 0 Å². The Hall–Kier alpha value is -7.37. The molecule has 0 N–H and O–H groups in total. The molecule has 2 heterocycles. The van der Waals surface area contributed by atoms with E-state index in [2.05, 4.69) is 126 Å². The van der Waals surface area contributed by atoms with Gasteiger partial charge < -0.3 is 9.32 Å². The number of anilines is 3. The van der Waals surface area contributed by atoms with Gasteiger partial charge in [-0.2, -0.15) is 0 Å². The van der Waals surface area contributed by atoms with Crippen molar-refractivity contribution in [3.63, 3.8) is 0 Å². The third-order valence-corrected chi connectivity index (χ3v) is 9.90. The van der Waals surface area contributed by atoms with Crippen LogP contribution in [0.1, 0.15) is 0 Å². The number of para-hydroxylation sites is 1. The molecular formula is C49H32N4O. The van der Waals surface area contributed by atoms with Gasteiger partial charge >= 0.3 is 0 Å². The second-order valence-electron chi connectivity index (χ2n) is 13.3. The molecule has 0 spiro atoms. The van der Waals surface area contributed by atoms with Gasteiger partial charge in [0.1, 0.15) is 11.2 Å². The molecule has 0 saturated carbocycles. The number of rotatable bonds is 7. The van der Waals surface area contributed by atoms with Crippen LogP contribution in [0.4, 0.5) is 17.1 Å². The van der Waals surface area contributed by atoms with Gasteiger partial charge in [-0.05, 0) is 76.5 Å². The van der Waals surface area contributed by atoms with E-state index < -0.39 is 0 Å². The average Bonchev–Trinajstić information content (AvgIpc) is 3.63. The van der Waals surface area contributed by atoms with Crippen LogP contribution in [0.5, 0.6) is 0 Å². The second-order valence-corrected chi connectivity index (χ2v) is 13.3. The first-order valence-electron chi connectivity index (χ1n) is 18.0. The summed E-state index contributed by atoms with van der Waals surface area (Å²) in [4.78, 5) is 17.2. The number of fused-ring (bicyclic) bond motifs is 4. The molecule has 0 radical (unpaired) electrons. The van der Waals surface area contributed by atoms with E-state index >= 15 is 0 Å². The highest BCUT2D eigenvalue weighted by molar-refractivity contribution is 6.12. The monoisotopic (exact) mass is 692 g/mol. The molecule has 0 aliphatic carbocycles. The van der Waals surface area contributed by atoms with Gasteiger partial charge in [-0.15, -0.1) is 0 Å².